The highest BCUT2D eigenvalue weighted by atomic mass is 16.5. The molecule has 0 spiro atoms. The van der Waals surface area contributed by atoms with Crippen LogP contribution in [0.5, 0.6) is 0 Å². The van der Waals surface area contributed by atoms with Gasteiger partial charge in [-0.1, -0.05) is 39.5 Å². The topological polar surface area (TPSA) is 70.5 Å². The van der Waals surface area contributed by atoms with E-state index in [-0.39, 0.29) is 17.1 Å². The Labute approximate surface area is 159 Å². The van der Waals surface area contributed by atoms with Gasteiger partial charge in [0.15, 0.2) is 0 Å². The van der Waals surface area contributed by atoms with Gasteiger partial charge in [0.25, 0.3) is 0 Å². The minimum Gasteiger partial charge on any atom is -0.385 e. The second kappa shape index (κ2) is 12.2. The first-order valence-electron chi connectivity index (χ1n) is 10.4. The molecule has 26 heavy (non-hydrogen) atoms. The molecule has 0 radical (unpaired) electrons. The number of Topliss-reactive ketones (excluding diaryl/α,β-unsaturated/α-hetero) is 1. The Morgan fingerprint density at radius 3 is 2.27 bits per heavy atom. The Morgan fingerprint density at radius 2 is 1.69 bits per heavy atom. The number of likely N-dealkylation sites (tertiary alicyclic amines) is 1. The van der Waals surface area contributed by atoms with E-state index in [9.17, 15) is 9.59 Å². The number of carbonyl (C=O) groups excluding carboxylic acids is 2. The summed E-state index contributed by atoms with van der Waals surface area (Å²) < 4.78 is 4.96. The molecule has 1 fully saturated rings. The predicted octanol–water partition coefficient (Wildman–Crippen LogP) is 4.73. The number of unbranched alkanes of at least 4 members (excludes halogenated alkanes) is 3. The minimum absolute atomic E-state index is 0.163. The van der Waals surface area contributed by atoms with Crippen molar-refractivity contribution in [1.29, 1.82) is 5.41 Å². The molecule has 5 heteroatoms. The third-order valence-corrected chi connectivity index (χ3v) is 5.44. The van der Waals surface area contributed by atoms with Crippen molar-refractivity contribution in [2.24, 2.45) is 5.41 Å². The van der Waals surface area contributed by atoms with Crippen molar-refractivity contribution in [3.05, 3.63) is 0 Å². The molecular weight excluding hydrogens is 328 g/mol. The summed E-state index contributed by atoms with van der Waals surface area (Å²) in [4.78, 5) is 26.6. The number of ketones is 1. The average Bonchev–Trinajstić information content (AvgIpc) is 2.86. The molecule has 1 heterocycles. The first kappa shape index (κ1) is 22.8. The van der Waals surface area contributed by atoms with Crippen molar-refractivity contribution in [1.82, 2.24) is 4.90 Å². The van der Waals surface area contributed by atoms with Crippen LogP contribution in [0.4, 0.5) is 0 Å². The lowest BCUT2D eigenvalue weighted by Crippen LogP contribution is -2.36. The van der Waals surface area contributed by atoms with Gasteiger partial charge in [-0.3, -0.25) is 15.0 Å². The van der Waals surface area contributed by atoms with Gasteiger partial charge in [0.2, 0.25) is 5.91 Å². The summed E-state index contributed by atoms with van der Waals surface area (Å²) in [5.41, 5.74) is -0.334. The molecule has 0 atom stereocenters. The van der Waals surface area contributed by atoms with E-state index in [1.54, 1.807) is 12.0 Å². The molecule has 1 saturated heterocycles. The SMILES string of the molecule is CCCCC1(CCCC)CC(=N)N(CCCCC(=O)CCCOC)C1=O. The summed E-state index contributed by atoms with van der Waals surface area (Å²) in [6, 6.07) is 0. The average molecular weight is 367 g/mol. The summed E-state index contributed by atoms with van der Waals surface area (Å²) >= 11 is 0. The molecule has 0 aromatic heterocycles. The fraction of sp³-hybridized carbons (Fsp3) is 0.857. The number of carbonyl (C=O) groups is 2. The zero-order chi connectivity index (χ0) is 19.4. The summed E-state index contributed by atoms with van der Waals surface area (Å²) in [5, 5.41) is 8.32. The quantitative estimate of drug-likeness (QED) is 0.426. The molecule has 0 unspecified atom stereocenters. The highest BCUT2D eigenvalue weighted by Crippen LogP contribution is 2.42. The predicted molar refractivity (Wildman–Crippen MR) is 106 cm³/mol. The van der Waals surface area contributed by atoms with Crippen LogP contribution in [0, 0.1) is 10.8 Å². The van der Waals surface area contributed by atoms with Crippen LogP contribution in [0.2, 0.25) is 0 Å². The smallest absolute Gasteiger partial charge is 0.234 e. The van der Waals surface area contributed by atoms with Gasteiger partial charge in [0.05, 0.1) is 5.41 Å². The summed E-state index contributed by atoms with van der Waals surface area (Å²) in [6.07, 6.45) is 10.2. The van der Waals surface area contributed by atoms with Crippen LogP contribution in [0.3, 0.4) is 0 Å². The molecular formula is C21H38N2O3. The van der Waals surface area contributed by atoms with Crippen molar-refractivity contribution in [3.63, 3.8) is 0 Å². The van der Waals surface area contributed by atoms with E-state index < -0.39 is 0 Å². The summed E-state index contributed by atoms with van der Waals surface area (Å²) in [6.45, 7) is 5.52. The van der Waals surface area contributed by atoms with Crippen LogP contribution < -0.4 is 0 Å². The second-order valence-electron chi connectivity index (χ2n) is 7.66. The summed E-state index contributed by atoms with van der Waals surface area (Å²) in [5.74, 6) is 0.912. The molecule has 150 valence electrons. The van der Waals surface area contributed by atoms with E-state index >= 15 is 0 Å². The number of rotatable bonds is 15. The van der Waals surface area contributed by atoms with Crippen LogP contribution in [-0.2, 0) is 14.3 Å². The van der Waals surface area contributed by atoms with E-state index in [1.807, 2.05) is 0 Å². The normalized spacial score (nSPS) is 16.5. The maximum Gasteiger partial charge on any atom is 0.234 e. The maximum atomic E-state index is 13.1. The molecule has 1 aliphatic rings. The fourth-order valence-corrected chi connectivity index (χ4v) is 3.81. The Bertz CT molecular complexity index is 454. The molecule has 5 nitrogen and oxygen atoms in total. The van der Waals surface area contributed by atoms with Crippen molar-refractivity contribution in [2.45, 2.75) is 90.9 Å². The van der Waals surface area contributed by atoms with Gasteiger partial charge in [-0.2, -0.15) is 0 Å². The van der Waals surface area contributed by atoms with Crippen LogP contribution in [0.15, 0.2) is 0 Å². The Balaban J connectivity index is 2.47. The van der Waals surface area contributed by atoms with E-state index in [4.69, 9.17) is 10.1 Å². The molecule has 1 amide bonds. The van der Waals surface area contributed by atoms with Crippen LogP contribution in [0.25, 0.3) is 0 Å². The Hall–Kier alpha value is -1.23. The molecule has 0 bridgehead atoms. The standard InChI is InChI=1S/C21H38N2O3/c1-4-6-13-21(14-7-5-2)17-19(22)23(20(21)25)15-9-8-11-18(24)12-10-16-26-3/h22H,4-17H2,1-3H3. The number of hydrogen-bond acceptors (Lipinski definition) is 4. The van der Waals surface area contributed by atoms with Crippen molar-refractivity contribution in [3.8, 4) is 0 Å². The highest BCUT2D eigenvalue weighted by molar-refractivity contribution is 6.07. The Morgan fingerprint density at radius 1 is 1.08 bits per heavy atom. The van der Waals surface area contributed by atoms with Gasteiger partial charge >= 0.3 is 0 Å². The van der Waals surface area contributed by atoms with Crippen LogP contribution in [-0.4, -0.2) is 42.7 Å². The van der Waals surface area contributed by atoms with E-state index in [2.05, 4.69) is 13.8 Å². The fourth-order valence-electron chi connectivity index (χ4n) is 3.81. The van der Waals surface area contributed by atoms with Gasteiger partial charge < -0.3 is 9.64 Å². The molecule has 0 aliphatic carbocycles. The van der Waals surface area contributed by atoms with Crippen LogP contribution >= 0.6 is 0 Å². The zero-order valence-corrected chi connectivity index (χ0v) is 17.1. The zero-order valence-electron chi connectivity index (χ0n) is 17.1. The van der Waals surface area contributed by atoms with Gasteiger partial charge in [0, 0.05) is 39.5 Å². The first-order valence-corrected chi connectivity index (χ1v) is 10.4. The van der Waals surface area contributed by atoms with Crippen molar-refractivity contribution >= 4 is 17.5 Å². The lowest BCUT2D eigenvalue weighted by Gasteiger charge is -2.27. The van der Waals surface area contributed by atoms with Crippen molar-refractivity contribution in [2.75, 3.05) is 20.3 Å². The maximum absolute atomic E-state index is 13.1. The molecule has 1 N–H and O–H groups in total. The molecule has 0 aromatic rings. The first-order chi connectivity index (χ1) is 12.5. The van der Waals surface area contributed by atoms with E-state index in [1.165, 1.54) is 0 Å². The van der Waals surface area contributed by atoms with E-state index in [0.29, 0.717) is 38.2 Å². The monoisotopic (exact) mass is 366 g/mol. The highest BCUT2D eigenvalue weighted by Gasteiger charge is 2.48. The lowest BCUT2D eigenvalue weighted by molar-refractivity contribution is -0.135. The molecule has 1 aliphatic heterocycles. The largest absolute Gasteiger partial charge is 0.385 e. The third kappa shape index (κ3) is 6.82. The number of methoxy groups -OCH3 is 1. The third-order valence-electron chi connectivity index (χ3n) is 5.44. The van der Waals surface area contributed by atoms with E-state index in [0.717, 1.165) is 57.8 Å². The minimum atomic E-state index is -0.334. The number of ether oxygens (including phenoxy) is 1. The molecule has 1 rings (SSSR count). The number of nitrogens with zero attached hydrogens (tertiary/aromatic N) is 1. The number of amides is 1. The number of nitrogens with one attached hydrogen (secondary N) is 1. The second-order valence-corrected chi connectivity index (χ2v) is 7.66. The van der Waals surface area contributed by atoms with Crippen molar-refractivity contribution < 1.29 is 14.3 Å². The van der Waals surface area contributed by atoms with Gasteiger partial charge in [-0.25, -0.2) is 0 Å². The van der Waals surface area contributed by atoms with Crippen LogP contribution in [0.1, 0.15) is 90.9 Å². The summed E-state index contributed by atoms with van der Waals surface area (Å²) in [7, 11) is 1.65. The molecule has 0 saturated carbocycles. The van der Waals surface area contributed by atoms with Gasteiger partial charge in [-0.05, 0) is 32.1 Å². The lowest BCUT2D eigenvalue weighted by atomic mass is 9.77. The van der Waals surface area contributed by atoms with Gasteiger partial charge in [0.1, 0.15) is 11.6 Å². The Kier molecular flexibility index (Phi) is 10.7. The van der Waals surface area contributed by atoms with Gasteiger partial charge in [-0.15, -0.1) is 0 Å². The number of hydrogen-bond donors (Lipinski definition) is 1. The molecule has 0 aromatic carbocycles. The number of amidine groups is 1.